The highest BCUT2D eigenvalue weighted by Gasteiger charge is 2.16. The van der Waals surface area contributed by atoms with E-state index in [0.717, 1.165) is 12.1 Å². The fourth-order valence-electron chi connectivity index (χ4n) is 1.92. The Hall–Kier alpha value is -1.65. The average molecular weight is 231 g/mol. The molecule has 0 aromatic carbocycles. The quantitative estimate of drug-likeness (QED) is 0.852. The van der Waals surface area contributed by atoms with Crippen molar-refractivity contribution in [2.75, 3.05) is 13.6 Å². The van der Waals surface area contributed by atoms with Crippen LogP contribution >= 0.6 is 0 Å². The van der Waals surface area contributed by atoms with Gasteiger partial charge in [-0.1, -0.05) is 6.07 Å². The molecule has 17 heavy (non-hydrogen) atoms. The second-order valence-corrected chi connectivity index (χ2v) is 4.08. The van der Waals surface area contributed by atoms with Gasteiger partial charge in [-0.05, 0) is 24.7 Å². The van der Waals surface area contributed by atoms with Gasteiger partial charge < -0.3 is 10.2 Å². The Bertz CT molecular complexity index is 427. The number of aromatic nitrogens is 1. The van der Waals surface area contributed by atoms with Gasteiger partial charge in [0.25, 0.3) is 0 Å². The van der Waals surface area contributed by atoms with Gasteiger partial charge >= 0.3 is 0 Å². The first-order chi connectivity index (χ1) is 8.31. The zero-order chi connectivity index (χ0) is 12.1. The minimum Gasteiger partial charge on any atom is -0.472 e. The first-order valence-electron chi connectivity index (χ1n) is 5.62. The summed E-state index contributed by atoms with van der Waals surface area (Å²) in [6.45, 7) is 1.39. The van der Waals surface area contributed by atoms with Crippen molar-refractivity contribution in [1.82, 2.24) is 9.88 Å². The van der Waals surface area contributed by atoms with Gasteiger partial charge in [-0.25, -0.2) is 0 Å². The minimum absolute atomic E-state index is 0.175. The molecular formula is C13H17N3O. The van der Waals surface area contributed by atoms with Crippen molar-refractivity contribution in [2.45, 2.75) is 12.6 Å². The van der Waals surface area contributed by atoms with Gasteiger partial charge in [0, 0.05) is 31.0 Å². The number of nitrogens with two attached hydrogens (primary N) is 1. The molecule has 0 fully saturated rings. The standard InChI is InChI=1S/C13H17N3O/c1-16(9-11-3-2-5-15-8-11)13(7-14)12-4-6-17-10-12/h2-6,8,10,13H,7,9,14H2,1H3. The largest absolute Gasteiger partial charge is 0.472 e. The molecule has 0 amide bonds. The maximum Gasteiger partial charge on any atom is 0.0950 e. The summed E-state index contributed by atoms with van der Waals surface area (Å²) in [5.74, 6) is 0. The molecule has 0 radical (unpaired) electrons. The Morgan fingerprint density at radius 1 is 1.47 bits per heavy atom. The van der Waals surface area contributed by atoms with Crippen LogP contribution in [0.15, 0.2) is 47.5 Å². The Morgan fingerprint density at radius 3 is 2.94 bits per heavy atom. The predicted octanol–water partition coefficient (Wildman–Crippen LogP) is 1.81. The van der Waals surface area contributed by atoms with Crippen molar-refractivity contribution >= 4 is 0 Å². The predicted molar refractivity (Wildman–Crippen MR) is 66.2 cm³/mol. The molecule has 1 unspecified atom stereocenters. The van der Waals surface area contributed by atoms with E-state index in [1.165, 1.54) is 5.56 Å². The zero-order valence-electron chi connectivity index (χ0n) is 9.91. The lowest BCUT2D eigenvalue weighted by molar-refractivity contribution is 0.240. The molecule has 2 aromatic rings. The highest BCUT2D eigenvalue weighted by atomic mass is 16.3. The van der Waals surface area contributed by atoms with Crippen LogP contribution in [0.1, 0.15) is 17.2 Å². The summed E-state index contributed by atoms with van der Waals surface area (Å²) in [4.78, 5) is 6.31. The normalized spacial score (nSPS) is 12.9. The van der Waals surface area contributed by atoms with Crippen molar-refractivity contribution in [1.29, 1.82) is 0 Å². The van der Waals surface area contributed by atoms with E-state index in [0.29, 0.717) is 6.54 Å². The lowest BCUT2D eigenvalue weighted by Crippen LogP contribution is -2.29. The topological polar surface area (TPSA) is 55.3 Å². The van der Waals surface area contributed by atoms with Crippen LogP contribution in [0, 0.1) is 0 Å². The van der Waals surface area contributed by atoms with Crippen molar-refractivity contribution in [3.05, 3.63) is 54.2 Å². The average Bonchev–Trinajstić information content (AvgIpc) is 2.85. The molecule has 0 aliphatic heterocycles. The van der Waals surface area contributed by atoms with Crippen molar-refractivity contribution in [3.63, 3.8) is 0 Å². The third-order valence-electron chi connectivity index (χ3n) is 2.84. The van der Waals surface area contributed by atoms with E-state index >= 15 is 0 Å². The van der Waals surface area contributed by atoms with Gasteiger partial charge in [-0.3, -0.25) is 9.88 Å². The Kier molecular flexibility index (Phi) is 3.90. The van der Waals surface area contributed by atoms with Crippen LogP contribution in [0.5, 0.6) is 0 Å². The third-order valence-corrected chi connectivity index (χ3v) is 2.84. The molecule has 90 valence electrons. The van der Waals surface area contributed by atoms with E-state index in [1.54, 1.807) is 18.7 Å². The van der Waals surface area contributed by atoms with Crippen LogP contribution in [0.3, 0.4) is 0 Å². The lowest BCUT2D eigenvalue weighted by Gasteiger charge is -2.25. The van der Waals surface area contributed by atoms with Crippen molar-refractivity contribution < 1.29 is 4.42 Å². The van der Waals surface area contributed by atoms with Gasteiger partial charge in [0.05, 0.1) is 18.6 Å². The maximum absolute atomic E-state index is 5.82. The smallest absolute Gasteiger partial charge is 0.0950 e. The second-order valence-electron chi connectivity index (χ2n) is 4.08. The van der Waals surface area contributed by atoms with Gasteiger partial charge in [0.15, 0.2) is 0 Å². The lowest BCUT2D eigenvalue weighted by atomic mass is 10.1. The zero-order valence-corrected chi connectivity index (χ0v) is 9.91. The van der Waals surface area contributed by atoms with Crippen LogP contribution in [-0.4, -0.2) is 23.5 Å². The number of rotatable bonds is 5. The summed E-state index contributed by atoms with van der Waals surface area (Å²) in [5, 5.41) is 0. The van der Waals surface area contributed by atoms with E-state index in [2.05, 4.69) is 23.0 Å². The molecule has 0 saturated heterocycles. The highest BCUT2D eigenvalue weighted by molar-refractivity contribution is 5.14. The van der Waals surface area contributed by atoms with Gasteiger partial charge in [-0.15, -0.1) is 0 Å². The maximum atomic E-state index is 5.82. The Morgan fingerprint density at radius 2 is 2.35 bits per heavy atom. The molecule has 2 N–H and O–H groups in total. The summed E-state index contributed by atoms with van der Waals surface area (Å²) in [5.41, 5.74) is 8.11. The second kappa shape index (κ2) is 5.61. The van der Waals surface area contributed by atoms with Gasteiger partial charge in [0.2, 0.25) is 0 Å². The van der Waals surface area contributed by atoms with Crippen LogP contribution in [0.4, 0.5) is 0 Å². The summed E-state index contributed by atoms with van der Waals surface area (Å²) in [6.07, 6.45) is 7.08. The Balaban J connectivity index is 2.06. The fourth-order valence-corrected chi connectivity index (χ4v) is 1.92. The molecule has 0 spiro atoms. The SMILES string of the molecule is CN(Cc1cccnc1)C(CN)c1ccoc1. The molecule has 2 aromatic heterocycles. The van der Waals surface area contributed by atoms with E-state index in [4.69, 9.17) is 10.2 Å². The first kappa shape index (κ1) is 11.8. The van der Waals surface area contributed by atoms with Gasteiger partial charge in [-0.2, -0.15) is 0 Å². The highest BCUT2D eigenvalue weighted by Crippen LogP contribution is 2.20. The molecule has 0 aliphatic rings. The molecule has 0 bridgehead atoms. The number of hydrogen-bond acceptors (Lipinski definition) is 4. The van der Waals surface area contributed by atoms with Crippen molar-refractivity contribution in [2.24, 2.45) is 5.73 Å². The molecule has 0 saturated carbocycles. The summed E-state index contributed by atoms with van der Waals surface area (Å²) >= 11 is 0. The molecule has 0 aliphatic carbocycles. The van der Waals surface area contributed by atoms with Crippen LogP contribution in [0.25, 0.3) is 0 Å². The molecule has 4 heteroatoms. The van der Waals surface area contributed by atoms with Crippen molar-refractivity contribution in [3.8, 4) is 0 Å². The molecule has 1 atom stereocenters. The Labute approximate surface area is 101 Å². The van der Waals surface area contributed by atoms with Crippen LogP contribution in [0.2, 0.25) is 0 Å². The van der Waals surface area contributed by atoms with Crippen LogP contribution < -0.4 is 5.73 Å². The molecule has 4 nitrogen and oxygen atoms in total. The van der Waals surface area contributed by atoms with Gasteiger partial charge in [0.1, 0.15) is 0 Å². The number of pyridine rings is 1. The molecular weight excluding hydrogens is 214 g/mol. The van der Waals surface area contributed by atoms with E-state index in [9.17, 15) is 0 Å². The van der Waals surface area contributed by atoms with E-state index < -0.39 is 0 Å². The molecule has 2 heterocycles. The van der Waals surface area contributed by atoms with Crippen LogP contribution in [-0.2, 0) is 6.54 Å². The van der Waals surface area contributed by atoms with E-state index in [-0.39, 0.29) is 6.04 Å². The first-order valence-corrected chi connectivity index (χ1v) is 5.62. The number of hydrogen-bond donors (Lipinski definition) is 1. The van der Waals surface area contributed by atoms with E-state index in [1.807, 2.05) is 18.3 Å². The number of furan rings is 1. The minimum atomic E-state index is 0.175. The summed E-state index contributed by atoms with van der Waals surface area (Å²) in [7, 11) is 2.05. The summed E-state index contributed by atoms with van der Waals surface area (Å²) < 4.78 is 5.10. The number of nitrogens with zero attached hydrogens (tertiary/aromatic N) is 2. The monoisotopic (exact) mass is 231 g/mol. The summed E-state index contributed by atoms with van der Waals surface area (Å²) in [6, 6.07) is 6.14. The molecule has 2 rings (SSSR count). The number of likely N-dealkylation sites (N-methyl/N-ethyl adjacent to an activating group) is 1. The fraction of sp³-hybridized carbons (Fsp3) is 0.308. The third kappa shape index (κ3) is 2.93.